The number of imidazole rings is 1. The van der Waals surface area contributed by atoms with Gasteiger partial charge in [-0.3, -0.25) is 4.40 Å². The lowest BCUT2D eigenvalue weighted by Crippen LogP contribution is -1.96. The highest BCUT2D eigenvalue weighted by Crippen LogP contribution is 2.38. The lowest BCUT2D eigenvalue weighted by atomic mass is 10.1. The molecule has 0 bridgehead atoms. The zero-order valence-electron chi connectivity index (χ0n) is 19.6. The summed E-state index contributed by atoms with van der Waals surface area (Å²) in [7, 11) is 0. The first-order valence-electron chi connectivity index (χ1n) is 12.1. The third kappa shape index (κ3) is 2.59. The number of pyridine rings is 1. The molecule has 0 unspecified atom stereocenters. The van der Waals surface area contributed by atoms with E-state index in [1.807, 2.05) is 6.20 Å². The Labute approximate surface area is 211 Å². The Bertz CT molecular complexity index is 2070. The summed E-state index contributed by atoms with van der Waals surface area (Å²) < 4.78 is 4.70. The first-order valence-corrected chi connectivity index (χ1v) is 13.0. The summed E-state index contributed by atoms with van der Waals surface area (Å²) in [6, 6.07) is 34.8. The van der Waals surface area contributed by atoms with Crippen LogP contribution in [0.25, 0.3) is 66.1 Å². The standard InChI is InChI=1S/C32H21N3S/c1-20-31-25-13-4-7-16-29(25)35-30(18-33-32(35)26(31)19-36-20)21-9-8-10-22(17-21)34-27-14-5-2-11-23(27)24-12-3-6-15-28(24)34/h2-19H,1H3. The molecule has 0 N–H and O–H groups in total. The molecule has 0 saturated heterocycles. The topological polar surface area (TPSA) is 22.2 Å². The van der Waals surface area contributed by atoms with Gasteiger partial charge in [0.2, 0.25) is 0 Å². The minimum atomic E-state index is 1.02. The molecule has 0 saturated carbocycles. The molecule has 4 heteroatoms. The predicted octanol–water partition coefficient (Wildman–Crippen LogP) is 8.77. The van der Waals surface area contributed by atoms with Gasteiger partial charge in [-0.2, -0.15) is 0 Å². The van der Waals surface area contributed by atoms with E-state index >= 15 is 0 Å². The Morgan fingerprint density at radius 3 is 2.08 bits per heavy atom. The highest BCUT2D eigenvalue weighted by molar-refractivity contribution is 7.11. The van der Waals surface area contributed by atoms with Gasteiger partial charge in [0.15, 0.2) is 0 Å². The SMILES string of the molecule is Cc1scc2c1c1ccccc1n1c(-c3cccc(-n4c5ccccc5c5ccccc54)c3)cnc21. The highest BCUT2D eigenvalue weighted by atomic mass is 32.1. The van der Waals surface area contributed by atoms with Crippen LogP contribution in [0.3, 0.4) is 0 Å². The summed E-state index contributed by atoms with van der Waals surface area (Å²) in [6.07, 6.45) is 2.03. The average molecular weight is 480 g/mol. The van der Waals surface area contributed by atoms with Crippen molar-refractivity contribution in [1.29, 1.82) is 0 Å². The van der Waals surface area contributed by atoms with Gasteiger partial charge in [0.1, 0.15) is 5.65 Å². The van der Waals surface area contributed by atoms with Crippen molar-refractivity contribution in [1.82, 2.24) is 14.0 Å². The number of benzene rings is 4. The summed E-state index contributed by atoms with van der Waals surface area (Å²) in [5.41, 5.74) is 8.05. The van der Waals surface area contributed by atoms with Gasteiger partial charge in [0.05, 0.1) is 28.4 Å². The molecular formula is C32H21N3S. The molecule has 0 radical (unpaired) electrons. The molecule has 8 aromatic rings. The minimum Gasteiger partial charge on any atom is -0.309 e. The normalized spacial score (nSPS) is 12.0. The van der Waals surface area contributed by atoms with Crippen molar-refractivity contribution in [2.75, 3.05) is 0 Å². The molecule has 0 fully saturated rings. The Kier molecular flexibility index (Phi) is 4.02. The average Bonchev–Trinajstić information content (AvgIpc) is 3.63. The Morgan fingerprint density at radius 1 is 0.667 bits per heavy atom. The van der Waals surface area contributed by atoms with Crippen LogP contribution in [0, 0.1) is 6.92 Å². The van der Waals surface area contributed by atoms with Crippen molar-refractivity contribution in [3.8, 4) is 16.9 Å². The number of hydrogen-bond acceptors (Lipinski definition) is 2. The molecule has 0 spiro atoms. The van der Waals surface area contributed by atoms with Crippen LogP contribution in [0.5, 0.6) is 0 Å². The van der Waals surface area contributed by atoms with Crippen molar-refractivity contribution >= 4 is 60.5 Å². The summed E-state index contributed by atoms with van der Waals surface area (Å²) in [4.78, 5) is 6.28. The van der Waals surface area contributed by atoms with E-state index in [-0.39, 0.29) is 0 Å². The number of nitrogens with zero attached hydrogens (tertiary/aromatic N) is 3. The van der Waals surface area contributed by atoms with Crippen LogP contribution in [0.2, 0.25) is 0 Å². The number of para-hydroxylation sites is 3. The largest absolute Gasteiger partial charge is 0.309 e. The molecule has 170 valence electrons. The van der Waals surface area contributed by atoms with Crippen LogP contribution < -0.4 is 0 Å². The molecule has 0 aliphatic heterocycles. The first-order chi connectivity index (χ1) is 17.8. The van der Waals surface area contributed by atoms with Crippen LogP contribution >= 0.6 is 11.3 Å². The highest BCUT2D eigenvalue weighted by Gasteiger charge is 2.17. The quantitative estimate of drug-likeness (QED) is 0.243. The molecule has 36 heavy (non-hydrogen) atoms. The van der Waals surface area contributed by atoms with Crippen molar-refractivity contribution in [3.05, 3.63) is 114 Å². The summed E-state index contributed by atoms with van der Waals surface area (Å²) in [5, 5.41) is 8.61. The van der Waals surface area contributed by atoms with Crippen molar-refractivity contribution < 1.29 is 0 Å². The molecule has 0 atom stereocenters. The smallest absolute Gasteiger partial charge is 0.146 e. The van der Waals surface area contributed by atoms with E-state index in [1.54, 1.807) is 11.3 Å². The maximum atomic E-state index is 4.94. The van der Waals surface area contributed by atoms with Gasteiger partial charge in [-0.1, -0.05) is 66.7 Å². The number of hydrogen-bond donors (Lipinski definition) is 0. The fourth-order valence-electron chi connectivity index (χ4n) is 5.83. The molecule has 3 nitrogen and oxygen atoms in total. The molecular weight excluding hydrogens is 458 g/mol. The lowest BCUT2D eigenvalue weighted by Gasteiger charge is -2.12. The van der Waals surface area contributed by atoms with Crippen LogP contribution in [-0.4, -0.2) is 14.0 Å². The van der Waals surface area contributed by atoms with E-state index in [1.165, 1.54) is 48.4 Å². The molecule has 0 aliphatic carbocycles. The zero-order valence-corrected chi connectivity index (χ0v) is 20.5. The van der Waals surface area contributed by atoms with Gasteiger partial charge in [-0.25, -0.2) is 4.98 Å². The van der Waals surface area contributed by atoms with E-state index < -0.39 is 0 Å². The Morgan fingerprint density at radius 2 is 1.33 bits per heavy atom. The second-order valence-corrected chi connectivity index (χ2v) is 10.4. The fraction of sp³-hybridized carbons (Fsp3) is 0.0312. The van der Waals surface area contributed by atoms with Crippen molar-refractivity contribution in [2.24, 2.45) is 0 Å². The number of aryl methyl sites for hydroxylation is 1. The number of thiophene rings is 1. The minimum absolute atomic E-state index is 1.02. The van der Waals surface area contributed by atoms with E-state index in [9.17, 15) is 0 Å². The molecule has 4 heterocycles. The van der Waals surface area contributed by atoms with Crippen LogP contribution in [0.4, 0.5) is 0 Å². The van der Waals surface area contributed by atoms with Gasteiger partial charge in [0.25, 0.3) is 0 Å². The molecule has 4 aromatic carbocycles. The van der Waals surface area contributed by atoms with Crippen LogP contribution in [-0.2, 0) is 0 Å². The maximum absolute atomic E-state index is 4.94. The monoisotopic (exact) mass is 479 g/mol. The second kappa shape index (κ2) is 7.30. The van der Waals surface area contributed by atoms with Gasteiger partial charge in [-0.05, 0) is 37.3 Å². The maximum Gasteiger partial charge on any atom is 0.146 e. The number of aromatic nitrogens is 3. The van der Waals surface area contributed by atoms with Crippen molar-refractivity contribution in [3.63, 3.8) is 0 Å². The summed E-state index contributed by atoms with van der Waals surface area (Å²) in [5.74, 6) is 0. The zero-order chi connectivity index (χ0) is 23.8. The first kappa shape index (κ1) is 19.8. The van der Waals surface area contributed by atoms with Gasteiger partial charge < -0.3 is 4.57 Å². The number of fused-ring (bicyclic) bond motifs is 9. The number of rotatable bonds is 2. The van der Waals surface area contributed by atoms with Gasteiger partial charge >= 0.3 is 0 Å². The van der Waals surface area contributed by atoms with E-state index in [4.69, 9.17) is 4.98 Å². The van der Waals surface area contributed by atoms with Crippen LogP contribution in [0.1, 0.15) is 4.88 Å². The Hall–Kier alpha value is -4.41. The predicted molar refractivity (Wildman–Crippen MR) is 153 cm³/mol. The van der Waals surface area contributed by atoms with E-state index in [0.29, 0.717) is 0 Å². The molecule has 0 aliphatic rings. The van der Waals surface area contributed by atoms with Gasteiger partial charge in [-0.15, -0.1) is 11.3 Å². The third-order valence-electron chi connectivity index (χ3n) is 7.37. The van der Waals surface area contributed by atoms with E-state index in [2.05, 4.69) is 118 Å². The Balaban J connectivity index is 1.44. The molecule has 4 aromatic heterocycles. The molecule has 8 rings (SSSR count). The third-order valence-corrected chi connectivity index (χ3v) is 8.28. The summed E-state index contributed by atoms with van der Waals surface area (Å²) >= 11 is 1.80. The van der Waals surface area contributed by atoms with Crippen molar-refractivity contribution in [2.45, 2.75) is 6.92 Å². The summed E-state index contributed by atoms with van der Waals surface area (Å²) in [6.45, 7) is 2.20. The van der Waals surface area contributed by atoms with Gasteiger partial charge in [0, 0.05) is 48.4 Å². The lowest BCUT2D eigenvalue weighted by molar-refractivity contribution is 1.18. The second-order valence-electron chi connectivity index (χ2n) is 9.32. The van der Waals surface area contributed by atoms with E-state index in [0.717, 1.165) is 22.6 Å². The molecule has 0 amide bonds. The fourth-order valence-corrected chi connectivity index (χ4v) is 6.68. The van der Waals surface area contributed by atoms with Crippen LogP contribution in [0.15, 0.2) is 109 Å².